The average Bonchev–Trinajstić information content (AvgIpc) is 2.39. The van der Waals surface area contributed by atoms with Gasteiger partial charge < -0.3 is 10.1 Å². The fraction of sp³-hybridized carbons (Fsp3) is 0.625. The molecule has 0 unspecified atom stereocenters. The average molecular weight is 318 g/mol. The lowest BCUT2D eigenvalue weighted by Gasteiger charge is -2.25. The predicted molar refractivity (Wildman–Crippen MR) is 88.3 cm³/mol. The van der Waals surface area contributed by atoms with Crippen LogP contribution in [-0.4, -0.2) is 19.7 Å². The number of ether oxygens (including phenoxy) is 1. The van der Waals surface area contributed by atoms with Crippen LogP contribution in [0, 0.1) is 5.41 Å². The molecule has 1 aromatic carbocycles. The third kappa shape index (κ3) is 5.51. The van der Waals surface area contributed by atoms with Crippen molar-refractivity contribution in [3.8, 4) is 5.75 Å². The Bertz CT molecular complexity index is 433. The third-order valence-corrected chi connectivity index (χ3v) is 3.97. The van der Waals surface area contributed by atoms with Crippen LogP contribution >= 0.6 is 23.2 Å². The number of rotatable bonds is 8. The van der Waals surface area contributed by atoms with Crippen molar-refractivity contribution < 1.29 is 4.74 Å². The summed E-state index contributed by atoms with van der Waals surface area (Å²) in [6, 6.07) is 3.75. The van der Waals surface area contributed by atoms with E-state index < -0.39 is 0 Å². The van der Waals surface area contributed by atoms with Gasteiger partial charge in [-0.05, 0) is 43.4 Å². The van der Waals surface area contributed by atoms with Gasteiger partial charge in [-0.25, -0.2) is 0 Å². The molecule has 1 rings (SSSR count). The molecule has 0 aromatic heterocycles. The fourth-order valence-corrected chi connectivity index (χ4v) is 2.54. The van der Waals surface area contributed by atoms with Gasteiger partial charge in [0.1, 0.15) is 5.75 Å². The molecular weight excluding hydrogens is 293 g/mol. The molecule has 2 nitrogen and oxygen atoms in total. The zero-order valence-corrected chi connectivity index (χ0v) is 14.4. The molecule has 0 saturated carbocycles. The van der Waals surface area contributed by atoms with Gasteiger partial charge in [-0.3, -0.25) is 0 Å². The molecule has 1 N–H and O–H groups in total. The van der Waals surface area contributed by atoms with Gasteiger partial charge in [0, 0.05) is 17.6 Å². The minimum absolute atomic E-state index is 0.240. The molecule has 0 bridgehead atoms. The Hall–Kier alpha value is -0.440. The summed E-state index contributed by atoms with van der Waals surface area (Å²) in [5, 5.41) is 4.77. The number of hydrogen-bond donors (Lipinski definition) is 1. The second-order valence-corrected chi connectivity index (χ2v) is 6.57. The van der Waals surface area contributed by atoms with E-state index >= 15 is 0 Å². The maximum Gasteiger partial charge on any atom is 0.139 e. The number of nitrogens with one attached hydrogen (secondary N) is 1. The number of hydrogen-bond acceptors (Lipinski definition) is 2. The first-order chi connectivity index (χ1) is 9.39. The molecule has 0 aliphatic heterocycles. The predicted octanol–water partition coefficient (Wildman–Crippen LogP) is 4.96. The Morgan fingerprint density at radius 1 is 1.15 bits per heavy atom. The maximum atomic E-state index is 6.32. The Balaban J connectivity index is 2.71. The van der Waals surface area contributed by atoms with E-state index in [0.717, 1.165) is 36.5 Å². The summed E-state index contributed by atoms with van der Waals surface area (Å²) >= 11 is 12.5. The minimum atomic E-state index is 0.240. The molecule has 0 radical (unpaired) electrons. The van der Waals surface area contributed by atoms with Gasteiger partial charge in [-0.15, -0.1) is 0 Å². The largest absolute Gasteiger partial charge is 0.492 e. The molecule has 4 heteroatoms. The van der Waals surface area contributed by atoms with Gasteiger partial charge in [-0.1, -0.05) is 44.0 Å². The van der Waals surface area contributed by atoms with Crippen LogP contribution in [-0.2, 0) is 6.42 Å². The van der Waals surface area contributed by atoms with Gasteiger partial charge in [0.05, 0.1) is 11.6 Å². The Labute approximate surface area is 132 Å². The summed E-state index contributed by atoms with van der Waals surface area (Å²) in [6.07, 6.45) is 1.98. The van der Waals surface area contributed by atoms with Crippen molar-refractivity contribution in [2.75, 3.05) is 19.7 Å². The van der Waals surface area contributed by atoms with Gasteiger partial charge in [-0.2, -0.15) is 0 Å². The van der Waals surface area contributed by atoms with E-state index in [-0.39, 0.29) is 5.41 Å². The first-order valence-corrected chi connectivity index (χ1v) is 7.96. The highest BCUT2D eigenvalue weighted by Gasteiger charge is 2.18. The van der Waals surface area contributed by atoms with Crippen molar-refractivity contribution in [2.24, 2.45) is 5.41 Å². The first-order valence-electron chi connectivity index (χ1n) is 7.21. The Morgan fingerprint density at radius 2 is 1.85 bits per heavy atom. The molecule has 0 fully saturated rings. The summed E-state index contributed by atoms with van der Waals surface area (Å²) in [6.45, 7) is 11.2. The van der Waals surface area contributed by atoms with Crippen molar-refractivity contribution in [2.45, 2.75) is 40.5 Å². The summed E-state index contributed by atoms with van der Waals surface area (Å²) < 4.78 is 5.44. The second-order valence-electron chi connectivity index (χ2n) is 5.75. The highest BCUT2D eigenvalue weighted by atomic mass is 35.5. The van der Waals surface area contributed by atoms with Crippen molar-refractivity contribution >= 4 is 23.2 Å². The molecule has 0 aliphatic rings. The standard InChI is InChI=1S/C16H25Cl2NO/c1-5-19-11-16(3,4)8-7-12-9-14(18)15(20-6-2)10-13(12)17/h9-10,19H,5-8,11H2,1-4H3. The van der Waals surface area contributed by atoms with Crippen LogP contribution in [0.3, 0.4) is 0 Å². The van der Waals surface area contributed by atoms with Gasteiger partial charge in [0.25, 0.3) is 0 Å². The molecular formula is C16H25Cl2NO. The van der Waals surface area contributed by atoms with E-state index in [9.17, 15) is 0 Å². The summed E-state index contributed by atoms with van der Waals surface area (Å²) in [5.41, 5.74) is 1.33. The van der Waals surface area contributed by atoms with Crippen LogP contribution in [0.1, 0.15) is 39.7 Å². The SMILES string of the molecule is CCNCC(C)(C)CCc1cc(Cl)c(OCC)cc1Cl. The van der Waals surface area contributed by atoms with Gasteiger partial charge in [0.2, 0.25) is 0 Å². The van der Waals surface area contributed by atoms with Crippen molar-refractivity contribution in [3.63, 3.8) is 0 Å². The van der Waals surface area contributed by atoms with E-state index in [2.05, 4.69) is 26.1 Å². The molecule has 0 saturated heterocycles. The zero-order chi connectivity index (χ0) is 15.2. The summed E-state index contributed by atoms with van der Waals surface area (Å²) in [7, 11) is 0. The number of halogens is 2. The minimum Gasteiger partial charge on any atom is -0.492 e. The summed E-state index contributed by atoms with van der Waals surface area (Å²) in [4.78, 5) is 0. The van der Waals surface area contributed by atoms with E-state index in [4.69, 9.17) is 27.9 Å². The number of benzene rings is 1. The van der Waals surface area contributed by atoms with E-state index in [1.807, 2.05) is 19.1 Å². The molecule has 0 spiro atoms. The van der Waals surface area contributed by atoms with Crippen LogP contribution < -0.4 is 10.1 Å². The van der Waals surface area contributed by atoms with Crippen molar-refractivity contribution in [1.29, 1.82) is 0 Å². The van der Waals surface area contributed by atoms with Gasteiger partial charge in [0.15, 0.2) is 0 Å². The molecule has 114 valence electrons. The monoisotopic (exact) mass is 317 g/mol. The molecule has 0 heterocycles. The quantitative estimate of drug-likeness (QED) is 0.731. The van der Waals surface area contributed by atoms with E-state index in [0.29, 0.717) is 17.4 Å². The second kappa shape index (κ2) is 8.11. The molecule has 0 atom stereocenters. The van der Waals surface area contributed by atoms with E-state index in [1.165, 1.54) is 0 Å². The highest BCUT2D eigenvalue weighted by molar-refractivity contribution is 6.34. The molecule has 1 aromatic rings. The van der Waals surface area contributed by atoms with Crippen molar-refractivity contribution in [3.05, 3.63) is 27.7 Å². The smallest absolute Gasteiger partial charge is 0.139 e. The lowest BCUT2D eigenvalue weighted by Crippen LogP contribution is -2.29. The zero-order valence-electron chi connectivity index (χ0n) is 12.9. The van der Waals surface area contributed by atoms with E-state index in [1.54, 1.807) is 0 Å². The van der Waals surface area contributed by atoms with Crippen LogP contribution in [0.4, 0.5) is 0 Å². The van der Waals surface area contributed by atoms with Crippen LogP contribution in [0.25, 0.3) is 0 Å². The lowest BCUT2D eigenvalue weighted by molar-refractivity contribution is 0.317. The Kier molecular flexibility index (Phi) is 7.14. The normalized spacial score (nSPS) is 11.7. The van der Waals surface area contributed by atoms with Gasteiger partial charge >= 0.3 is 0 Å². The lowest BCUT2D eigenvalue weighted by atomic mass is 9.86. The fourth-order valence-electron chi connectivity index (χ4n) is 2.05. The first kappa shape index (κ1) is 17.6. The number of aryl methyl sites for hydroxylation is 1. The van der Waals surface area contributed by atoms with Crippen LogP contribution in [0.15, 0.2) is 12.1 Å². The Morgan fingerprint density at radius 3 is 2.45 bits per heavy atom. The van der Waals surface area contributed by atoms with Crippen LogP contribution in [0.2, 0.25) is 10.0 Å². The highest BCUT2D eigenvalue weighted by Crippen LogP contribution is 2.33. The molecule has 20 heavy (non-hydrogen) atoms. The van der Waals surface area contributed by atoms with Crippen molar-refractivity contribution in [1.82, 2.24) is 5.32 Å². The molecule has 0 aliphatic carbocycles. The third-order valence-electron chi connectivity index (χ3n) is 3.33. The summed E-state index contributed by atoms with van der Waals surface area (Å²) in [5.74, 6) is 0.662. The topological polar surface area (TPSA) is 21.3 Å². The van der Waals surface area contributed by atoms with Crippen LogP contribution in [0.5, 0.6) is 5.75 Å². The maximum absolute atomic E-state index is 6.32. The molecule has 0 amide bonds.